The number of H-pyrrole nitrogens is 1. The van der Waals surface area contributed by atoms with E-state index in [-0.39, 0.29) is 5.92 Å². The summed E-state index contributed by atoms with van der Waals surface area (Å²) in [6, 6.07) is 19.1. The first-order chi connectivity index (χ1) is 9.34. The first-order valence-corrected chi connectivity index (χ1v) is 6.49. The summed E-state index contributed by atoms with van der Waals surface area (Å²) in [4.78, 5) is 7.52. The molecule has 1 aromatic heterocycles. The predicted octanol–water partition coefficient (Wildman–Crippen LogP) is 4.23. The van der Waals surface area contributed by atoms with Gasteiger partial charge in [0.2, 0.25) is 0 Å². The number of imidazole rings is 1. The average molecular weight is 248 g/mol. The molecule has 0 amide bonds. The maximum Gasteiger partial charge on any atom is 0.113 e. The molecule has 0 unspecified atom stereocenters. The maximum atomic E-state index is 4.34. The molecule has 2 heteroatoms. The summed E-state index contributed by atoms with van der Waals surface area (Å²) < 4.78 is 0. The average Bonchev–Trinajstić information content (AvgIpc) is 3.02. The van der Waals surface area contributed by atoms with Gasteiger partial charge < -0.3 is 4.98 Å². The topological polar surface area (TPSA) is 28.7 Å². The van der Waals surface area contributed by atoms with Crippen LogP contribution in [0.15, 0.2) is 67.0 Å². The van der Waals surface area contributed by atoms with Crippen LogP contribution in [0.3, 0.4) is 0 Å². The van der Waals surface area contributed by atoms with E-state index in [1.54, 1.807) is 6.20 Å². The van der Waals surface area contributed by atoms with Gasteiger partial charge in [0.25, 0.3) is 0 Å². The van der Waals surface area contributed by atoms with E-state index in [4.69, 9.17) is 0 Å². The molecule has 3 rings (SSSR count). The van der Waals surface area contributed by atoms with E-state index >= 15 is 0 Å². The standard InChI is InChI=1S/C17H16N2/c1-13(17-18-10-11-19-17)15-8-5-9-16(12-15)14-6-3-2-4-7-14/h2-13H,1H3,(H,18,19)/t13-/m1/s1. The Balaban J connectivity index is 1.97. The lowest BCUT2D eigenvalue weighted by molar-refractivity contribution is 0.840. The van der Waals surface area contributed by atoms with Crippen molar-refractivity contribution in [2.45, 2.75) is 12.8 Å². The first kappa shape index (κ1) is 11.7. The number of aromatic nitrogens is 2. The van der Waals surface area contributed by atoms with Crippen LogP contribution in [0.2, 0.25) is 0 Å². The van der Waals surface area contributed by atoms with Crippen molar-refractivity contribution >= 4 is 0 Å². The van der Waals surface area contributed by atoms with Crippen molar-refractivity contribution < 1.29 is 0 Å². The summed E-state index contributed by atoms with van der Waals surface area (Å²) in [6.45, 7) is 2.17. The molecule has 0 radical (unpaired) electrons. The molecule has 0 bridgehead atoms. The Kier molecular flexibility index (Phi) is 3.15. The third-order valence-corrected chi connectivity index (χ3v) is 3.42. The van der Waals surface area contributed by atoms with E-state index in [1.165, 1.54) is 16.7 Å². The smallest absolute Gasteiger partial charge is 0.113 e. The summed E-state index contributed by atoms with van der Waals surface area (Å²) in [5.74, 6) is 1.28. The van der Waals surface area contributed by atoms with Crippen LogP contribution in [-0.2, 0) is 0 Å². The van der Waals surface area contributed by atoms with Crippen LogP contribution in [0.1, 0.15) is 24.2 Å². The van der Waals surface area contributed by atoms with E-state index < -0.39 is 0 Å². The fourth-order valence-corrected chi connectivity index (χ4v) is 2.29. The fourth-order valence-electron chi connectivity index (χ4n) is 2.29. The monoisotopic (exact) mass is 248 g/mol. The summed E-state index contributed by atoms with van der Waals surface area (Å²) in [6.07, 6.45) is 3.67. The molecule has 2 nitrogen and oxygen atoms in total. The van der Waals surface area contributed by atoms with E-state index in [2.05, 4.69) is 65.4 Å². The lowest BCUT2D eigenvalue weighted by atomic mass is 9.96. The summed E-state index contributed by atoms with van der Waals surface area (Å²) >= 11 is 0. The van der Waals surface area contributed by atoms with E-state index in [9.17, 15) is 0 Å². The second-order valence-corrected chi connectivity index (χ2v) is 4.69. The van der Waals surface area contributed by atoms with Crippen LogP contribution in [0.4, 0.5) is 0 Å². The molecule has 0 spiro atoms. The molecule has 19 heavy (non-hydrogen) atoms. The van der Waals surface area contributed by atoms with Crippen LogP contribution >= 0.6 is 0 Å². The highest BCUT2D eigenvalue weighted by Crippen LogP contribution is 2.26. The van der Waals surface area contributed by atoms with E-state index in [1.807, 2.05) is 12.3 Å². The lowest BCUT2D eigenvalue weighted by Crippen LogP contribution is -1.98. The van der Waals surface area contributed by atoms with Gasteiger partial charge in [-0.05, 0) is 16.7 Å². The lowest BCUT2D eigenvalue weighted by Gasteiger charge is -2.11. The number of hydrogen-bond donors (Lipinski definition) is 1. The Morgan fingerprint density at radius 2 is 1.74 bits per heavy atom. The minimum absolute atomic E-state index is 0.277. The van der Waals surface area contributed by atoms with Crippen molar-refractivity contribution in [1.82, 2.24) is 9.97 Å². The van der Waals surface area contributed by atoms with Crippen molar-refractivity contribution in [3.05, 3.63) is 78.4 Å². The maximum absolute atomic E-state index is 4.34. The van der Waals surface area contributed by atoms with Crippen molar-refractivity contribution in [2.75, 3.05) is 0 Å². The Bertz CT molecular complexity index is 642. The van der Waals surface area contributed by atoms with Gasteiger partial charge in [0.1, 0.15) is 5.82 Å². The molecular weight excluding hydrogens is 232 g/mol. The van der Waals surface area contributed by atoms with Crippen molar-refractivity contribution in [2.24, 2.45) is 0 Å². The molecule has 1 N–H and O–H groups in total. The number of benzene rings is 2. The molecule has 1 heterocycles. The fraction of sp³-hybridized carbons (Fsp3) is 0.118. The van der Waals surface area contributed by atoms with Crippen LogP contribution in [0, 0.1) is 0 Å². The molecule has 0 aliphatic carbocycles. The van der Waals surface area contributed by atoms with Gasteiger partial charge in [0.05, 0.1) is 0 Å². The van der Waals surface area contributed by atoms with Crippen LogP contribution in [0.25, 0.3) is 11.1 Å². The quantitative estimate of drug-likeness (QED) is 0.738. The Hall–Kier alpha value is -2.35. The number of rotatable bonds is 3. The van der Waals surface area contributed by atoms with Crippen molar-refractivity contribution in [1.29, 1.82) is 0 Å². The van der Waals surface area contributed by atoms with Gasteiger partial charge in [0.15, 0.2) is 0 Å². The molecule has 0 fully saturated rings. The number of nitrogens with one attached hydrogen (secondary N) is 1. The first-order valence-electron chi connectivity index (χ1n) is 6.49. The van der Waals surface area contributed by atoms with Gasteiger partial charge in [-0.1, -0.05) is 61.5 Å². The highest BCUT2D eigenvalue weighted by atomic mass is 14.9. The van der Waals surface area contributed by atoms with Crippen LogP contribution in [0.5, 0.6) is 0 Å². The van der Waals surface area contributed by atoms with Gasteiger partial charge in [-0.2, -0.15) is 0 Å². The van der Waals surface area contributed by atoms with Crippen LogP contribution < -0.4 is 0 Å². The SMILES string of the molecule is C[C@H](c1cccc(-c2ccccc2)c1)c1ncc[nH]1. The third kappa shape index (κ3) is 2.43. The molecule has 3 aromatic rings. The zero-order valence-electron chi connectivity index (χ0n) is 10.9. The van der Waals surface area contributed by atoms with Crippen LogP contribution in [-0.4, -0.2) is 9.97 Å². The number of hydrogen-bond acceptors (Lipinski definition) is 1. The zero-order valence-corrected chi connectivity index (χ0v) is 10.9. The molecule has 0 aliphatic rings. The summed E-state index contributed by atoms with van der Waals surface area (Å²) in [5, 5.41) is 0. The van der Waals surface area contributed by atoms with Gasteiger partial charge in [-0.15, -0.1) is 0 Å². The second kappa shape index (κ2) is 5.11. The molecule has 1 atom stereocenters. The van der Waals surface area contributed by atoms with Crippen molar-refractivity contribution in [3.63, 3.8) is 0 Å². The molecular formula is C17H16N2. The minimum atomic E-state index is 0.277. The number of nitrogens with zero attached hydrogens (tertiary/aromatic N) is 1. The van der Waals surface area contributed by atoms with Gasteiger partial charge in [0, 0.05) is 18.3 Å². The Labute approximate surface area is 113 Å². The van der Waals surface area contributed by atoms with Gasteiger partial charge in [-0.3, -0.25) is 0 Å². The third-order valence-electron chi connectivity index (χ3n) is 3.42. The van der Waals surface area contributed by atoms with Gasteiger partial charge >= 0.3 is 0 Å². The normalized spacial score (nSPS) is 12.3. The Morgan fingerprint density at radius 1 is 0.947 bits per heavy atom. The predicted molar refractivity (Wildman–Crippen MR) is 78.0 cm³/mol. The molecule has 2 aromatic carbocycles. The minimum Gasteiger partial charge on any atom is -0.348 e. The van der Waals surface area contributed by atoms with Crippen molar-refractivity contribution in [3.8, 4) is 11.1 Å². The second-order valence-electron chi connectivity index (χ2n) is 4.69. The zero-order chi connectivity index (χ0) is 13.1. The van der Waals surface area contributed by atoms with E-state index in [0.29, 0.717) is 0 Å². The summed E-state index contributed by atoms with van der Waals surface area (Å²) in [5.41, 5.74) is 3.77. The molecule has 94 valence electrons. The highest BCUT2D eigenvalue weighted by Gasteiger charge is 2.11. The van der Waals surface area contributed by atoms with Gasteiger partial charge in [-0.25, -0.2) is 4.98 Å². The molecule has 0 aliphatic heterocycles. The largest absolute Gasteiger partial charge is 0.348 e. The highest BCUT2D eigenvalue weighted by molar-refractivity contribution is 5.64. The van der Waals surface area contributed by atoms with E-state index in [0.717, 1.165) is 5.82 Å². The molecule has 0 saturated heterocycles. The summed E-state index contributed by atoms with van der Waals surface area (Å²) in [7, 11) is 0. The molecule has 0 saturated carbocycles. The Morgan fingerprint density at radius 3 is 2.47 bits per heavy atom. The number of aromatic amines is 1.